The number of nitrogens with one attached hydrogen (secondary N) is 1. The molecule has 2 aromatic heterocycles. The SMILES string of the molecule is O=C(O)c1ccc(C2(NC(=O)c3cc(-c4ccc(C(F)(F)F)cc4)cc4ccn(Cc5ccc(-c6cccnc6)cc5)c34)CC2)cc1. The number of carbonyl (C=O) groups is 2. The number of aromatic nitrogens is 2. The zero-order valence-corrected chi connectivity index (χ0v) is 25.0. The maximum atomic E-state index is 14.2. The van der Waals surface area contributed by atoms with Crippen LogP contribution in [0.25, 0.3) is 33.2 Å². The molecule has 6 nitrogen and oxygen atoms in total. The van der Waals surface area contributed by atoms with Gasteiger partial charge in [0.1, 0.15) is 0 Å². The highest BCUT2D eigenvalue weighted by Gasteiger charge is 2.46. The number of benzene rings is 4. The van der Waals surface area contributed by atoms with Gasteiger partial charge in [0.15, 0.2) is 0 Å². The Bertz CT molecular complexity index is 2100. The lowest BCUT2D eigenvalue weighted by atomic mass is 9.97. The molecule has 7 rings (SSSR count). The third kappa shape index (κ3) is 6.00. The van der Waals surface area contributed by atoms with Crippen LogP contribution in [0.5, 0.6) is 0 Å². The molecule has 2 heterocycles. The predicted octanol–water partition coefficient (Wildman–Crippen LogP) is 8.55. The van der Waals surface area contributed by atoms with E-state index in [9.17, 15) is 27.9 Å². The van der Waals surface area contributed by atoms with Crippen LogP contribution in [0.4, 0.5) is 13.2 Å². The molecule has 2 N–H and O–H groups in total. The Morgan fingerprint density at radius 3 is 2.13 bits per heavy atom. The Hall–Kier alpha value is -5.70. The molecular weight excluding hydrogens is 603 g/mol. The molecule has 0 aliphatic heterocycles. The summed E-state index contributed by atoms with van der Waals surface area (Å²) in [5.41, 5.74) is 4.92. The van der Waals surface area contributed by atoms with Crippen molar-refractivity contribution in [1.82, 2.24) is 14.9 Å². The molecule has 0 spiro atoms. The zero-order valence-electron chi connectivity index (χ0n) is 25.0. The molecule has 0 radical (unpaired) electrons. The van der Waals surface area contributed by atoms with Crippen molar-refractivity contribution in [2.75, 3.05) is 0 Å². The first-order valence-corrected chi connectivity index (χ1v) is 15.1. The van der Waals surface area contributed by atoms with Gasteiger partial charge < -0.3 is 15.0 Å². The maximum Gasteiger partial charge on any atom is 0.416 e. The van der Waals surface area contributed by atoms with Crippen molar-refractivity contribution >= 4 is 22.8 Å². The molecule has 4 aromatic carbocycles. The molecule has 47 heavy (non-hydrogen) atoms. The summed E-state index contributed by atoms with van der Waals surface area (Å²) in [5.74, 6) is -1.35. The van der Waals surface area contributed by atoms with E-state index in [1.54, 1.807) is 30.6 Å². The second-order valence-corrected chi connectivity index (χ2v) is 11.8. The highest BCUT2D eigenvalue weighted by molar-refractivity contribution is 6.08. The van der Waals surface area contributed by atoms with Crippen LogP contribution < -0.4 is 5.32 Å². The molecule has 1 fully saturated rings. The maximum absolute atomic E-state index is 14.2. The number of halogens is 3. The van der Waals surface area contributed by atoms with Crippen molar-refractivity contribution in [1.29, 1.82) is 0 Å². The number of amides is 1. The third-order valence-corrected chi connectivity index (χ3v) is 8.74. The van der Waals surface area contributed by atoms with Crippen LogP contribution in [-0.4, -0.2) is 26.5 Å². The molecule has 234 valence electrons. The van der Waals surface area contributed by atoms with E-state index in [0.717, 1.165) is 39.8 Å². The zero-order chi connectivity index (χ0) is 32.8. The lowest BCUT2D eigenvalue weighted by Gasteiger charge is -2.20. The summed E-state index contributed by atoms with van der Waals surface area (Å²) in [6.45, 7) is 0.485. The number of fused-ring (bicyclic) bond motifs is 1. The van der Waals surface area contributed by atoms with Gasteiger partial charge in [-0.1, -0.05) is 54.6 Å². The summed E-state index contributed by atoms with van der Waals surface area (Å²) < 4.78 is 41.8. The molecule has 9 heteroatoms. The monoisotopic (exact) mass is 631 g/mol. The van der Waals surface area contributed by atoms with E-state index in [4.69, 9.17) is 0 Å². The molecule has 0 saturated heterocycles. The van der Waals surface area contributed by atoms with Gasteiger partial charge >= 0.3 is 12.1 Å². The average molecular weight is 632 g/mol. The van der Waals surface area contributed by atoms with Gasteiger partial charge in [-0.3, -0.25) is 9.78 Å². The Kier molecular flexibility index (Phi) is 7.39. The van der Waals surface area contributed by atoms with E-state index >= 15 is 0 Å². The second-order valence-electron chi connectivity index (χ2n) is 11.8. The van der Waals surface area contributed by atoms with Gasteiger partial charge in [0.05, 0.1) is 27.7 Å². The van der Waals surface area contributed by atoms with Gasteiger partial charge in [-0.15, -0.1) is 0 Å². The van der Waals surface area contributed by atoms with Crippen molar-refractivity contribution in [3.05, 3.63) is 150 Å². The summed E-state index contributed by atoms with van der Waals surface area (Å²) in [6.07, 6.45) is 2.37. The number of nitrogens with zero attached hydrogens (tertiary/aromatic N) is 2. The number of carbonyl (C=O) groups excluding carboxylic acids is 1. The highest BCUT2D eigenvalue weighted by Crippen LogP contribution is 2.46. The molecule has 1 amide bonds. The number of alkyl halides is 3. The lowest BCUT2D eigenvalue weighted by Crippen LogP contribution is -2.35. The highest BCUT2D eigenvalue weighted by atomic mass is 19.4. The van der Waals surface area contributed by atoms with E-state index in [1.807, 2.05) is 59.3 Å². The van der Waals surface area contributed by atoms with Crippen LogP contribution in [-0.2, 0) is 18.3 Å². The standard InChI is InChI=1S/C38H28F3N3O3/c39-38(40,41)32-13-7-26(8-14-32)30-20-28-15-19-44(23-24-3-5-25(6-4-24)29-2-1-18-42-22-29)34(28)33(21-30)35(45)43-37(16-17-37)31-11-9-27(10-12-31)36(46)47/h1-15,18-22H,16-17,23H2,(H,43,45)(H,46,47). The van der Waals surface area contributed by atoms with E-state index in [0.29, 0.717) is 41.6 Å². The average Bonchev–Trinajstić information content (AvgIpc) is 3.76. The first-order valence-electron chi connectivity index (χ1n) is 15.1. The molecule has 0 unspecified atom stereocenters. The van der Waals surface area contributed by atoms with E-state index in [2.05, 4.69) is 10.3 Å². The summed E-state index contributed by atoms with van der Waals surface area (Å²) >= 11 is 0. The topological polar surface area (TPSA) is 84.2 Å². The van der Waals surface area contributed by atoms with Crippen LogP contribution in [0.3, 0.4) is 0 Å². The summed E-state index contributed by atoms with van der Waals surface area (Å²) in [6, 6.07) is 28.9. The largest absolute Gasteiger partial charge is 0.478 e. The number of carboxylic acid groups (broad SMARTS) is 1. The number of hydrogen-bond donors (Lipinski definition) is 2. The molecular formula is C38H28F3N3O3. The normalized spacial score (nSPS) is 13.8. The van der Waals surface area contributed by atoms with E-state index in [1.165, 1.54) is 24.3 Å². The summed E-state index contributed by atoms with van der Waals surface area (Å²) in [7, 11) is 0. The molecule has 0 bridgehead atoms. The van der Waals surface area contributed by atoms with Crippen molar-refractivity contribution in [2.45, 2.75) is 31.1 Å². The number of aromatic carboxylic acids is 1. The third-order valence-electron chi connectivity index (χ3n) is 8.74. The van der Waals surface area contributed by atoms with Crippen LogP contribution in [0.15, 0.2) is 122 Å². The van der Waals surface area contributed by atoms with E-state index in [-0.39, 0.29) is 11.5 Å². The number of carboxylic acids is 1. The van der Waals surface area contributed by atoms with Crippen molar-refractivity contribution < 1.29 is 27.9 Å². The van der Waals surface area contributed by atoms with Gasteiger partial charge in [-0.2, -0.15) is 13.2 Å². The first kappa shape index (κ1) is 30.0. The smallest absolute Gasteiger partial charge is 0.416 e. The van der Waals surface area contributed by atoms with Crippen molar-refractivity contribution in [3.63, 3.8) is 0 Å². The minimum atomic E-state index is -4.46. The Morgan fingerprint density at radius 1 is 0.830 bits per heavy atom. The van der Waals surface area contributed by atoms with Gasteiger partial charge in [0, 0.05) is 30.5 Å². The van der Waals surface area contributed by atoms with Crippen LogP contribution in [0.1, 0.15) is 50.2 Å². The quantitative estimate of drug-likeness (QED) is 0.176. The summed E-state index contributed by atoms with van der Waals surface area (Å²) in [4.78, 5) is 29.7. The van der Waals surface area contributed by atoms with Crippen molar-refractivity contribution in [3.8, 4) is 22.3 Å². The molecule has 1 aliphatic rings. The van der Waals surface area contributed by atoms with Crippen LogP contribution >= 0.6 is 0 Å². The predicted molar refractivity (Wildman–Crippen MR) is 173 cm³/mol. The number of hydrogen-bond acceptors (Lipinski definition) is 3. The summed E-state index contributed by atoms with van der Waals surface area (Å²) in [5, 5.41) is 13.3. The Labute approximate surface area is 268 Å². The Morgan fingerprint density at radius 2 is 1.51 bits per heavy atom. The van der Waals surface area contributed by atoms with Gasteiger partial charge in [0.2, 0.25) is 0 Å². The number of pyridine rings is 1. The van der Waals surface area contributed by atoms with Crippen LogP contribution in [0.2, 0.25) is 0 Å². The molecule has 0 atom stereocenters. The molecule has 1 saturated carbocycles. The minimum absolute atomic E-state index is 0.160. The van der Waals surface area contributed by atoms with Gasteiger partial charge in [0.25, 0.3) is 5.91 Å². The van der Waals surface area contributed by atoms with Crippen LogP contribution in [0, 0.1) is 0 Å². The first-order chi connectivity index (χ1) is 22.6. The lowest BCUT2D eigenvalue weighted by molar-refractivity contribution is -0.137. The fourth-order valence-corrected chi connectivity index (χ4v) is 6.03. The fraction of sp³-hybridized carbons (Fsp3) is 0.132. The van der Waals surface area contributed by atoms with Gasteiger partial charge in [-0.25, -0.2) is 4.79 Å². The van der Waals surface area contributed by atoms with Gasteiger partial charge in [-0.05, 0) is 94.8 Å². The number of rotatable bonds is 8. The molecule has 6 aromatic rings. The van der Waals surface area contributed by atoms with E-state index < -0.39 is 23.2 Å². The Balaban J connectivity index is 1.26. The fourth-order valence-electron chi connectivity index (χ4n) is 6.03. The second kappa shape index (κ2) is 11.6. The van der Waals surface area contributed by atoms with Crippen molar-refractivity contribution in [2.24, 2.45) is 0 Å². The minimum Gasteiger partial charge on any atom is -0.478 e. The molecule has 1 aliphatic carbocycles.